The molecule has 4 fully saturated rings. The number of hydrogen-bond acceptors (Lipinski definition) is 4. The Labute approximate surface area is 170 Å². The predicted octanol–water partition coefficient (Wildman–Crippen LogP) is 3.36. The van der Waals surface area contributed by atoms with Crippen LogP contribution >= 0.6 is 0 Å². The molecule has 4 nitrogen and oxygen atoms in total. The summed E-state index contributed by atoms with van der Waals surface area (Å²) in [5, 5.41) is 42.2. The number of fused-ring (bicyclic) bond motifs is 5. The Morgan fingerprint density at radius 3 is 2.43 bits per heavy atom. The average molecular weight is 395 g/mol. The summed E-state index contributed by atoms with van der Waals surface area (Å²) in [6.45, 7) is 7.23. The molecule has 4 aliphatic rings. The lowest BCUT2D eigenvalue weighted by molar-refractivity contribution is -0.207. The second-order valence-electron chi connectivity index (χ2n) is 11.4. The molecule has 0 aliphatic heterocycles. The molecular formula is C24H42O4. The SMILES string of the molecule is C[C@H](CCCO)[C@@H]1CC[C@H]2[C@@H]3[C@H](O)C[C@@H]4C[C@H](O)CC[C@]4(C)[C@H]3C[C@H](O)[C@@]21C. The molecular weight excluding hydrogens is 352 g/mol. The molecule has 0 heterocycles. The number of hydrogen-bond donors (Lipinski definition) is 4. The van der Waals surface area contributed by atoms with Crippen LogP contribution < -0.4 is 0 Å². The van der Waals surface area contributed by atoms with Crippen molar-refractivity contribution in [2.24, 2.45) is 46.3 Å². The molecule has 4 N–H and O–H groups in total. The molecule has 28 heavy (non-hydrogen) atoms. The number of rotatable bonds is 4. The molecule has 0 bridgehead atoms. The van der Waals surface area contributed by atoms with Gasteiger partial charge in [0.25, 0.3) is 0 Å². The minimum atomic E-state index is -0.308. The van der Waals surface area contributed by atoms with Gasteiger partial charge in [-0.25, -0.2) is 0 Å². The van der Waals surface area contributed by atoms with Gasteiger partial charge in [-0.3, -0.25) is 0 Å². The molecule has 4 rings (SSSR count). The molecule has 0 spiro atoms. The van der Waals surface area contributed by atoms with Crippen molar-refractivity contribution in [3.8, 4) is 0 Å². The van der Waals surface area contributed by atoms with Gasteiger partial charge in [0.15, 0.2) is 0 Å². The zero-order chi connectivity index (χ0) is 20.3. The van der Waals surface area contributed by atoms with Crippen molar-refractivity contribution in [3.63, 3.8) is 0 Å². The summed E-state index contributed by atoms with van der Waals surface area (Å²) < 4.78 is 0. The fourth-order valence-electron chi connectivity index (χ4n) is 8.75. The van der Waals surface area contributed by atoms with Gasteiger partial charge in [-0.05, 0) is 104 Å². The Kier molecular flexibility index (Phi) is 5.66. The number of aliphatic hydroxyl groups excluding tert-OH is 4. The Morgan fingerprint density at radius 2 is 1.71 bits per heavy atom. The van der Waals surface area contributed by atoms with Crippen LogP contribution in [0.5, 0.6) is 0 Å². The summed E-state index contributed by atoms with van der Waals surface area (Å²) in [6.07, 6.45) is 7.62. The monoisotopic (exact) mass is 394 g/mol. The van der Waals surface area contributed by atoms with Crippen LogP contribution in [-0.2, 0) is 0 Å². The normalized spacial score (nSPS) is 54.5. The maximum absolute atomic E-state index is 11.5. The summed E-state index contributed by atoms with van der Waals surface area (Å²) in [6, 6.07) is 0. The first-order valence-corrected chi connectivity index (χ1v) is 11.9. The van der Waals surface area contributed by atoms with Gasteiger partial charge in [-0.2, -0.15) is 0 Å². The largest absolute Gasteiger partial charge is 0.396 e. The summed E-state index contributed by atoms with van der Waals surface area (Å²) >= 11 is 0. The molecule has 4 heteroatoms. The van der Waals surface area contributed by atoms with Gasteiger partial charge < -0.3 is 20.4 Å². The van der Waals surface area contributed by atoms with Crippen LogP contribution in [0.4, 0.5) is 0 Å². The highest BCUT2D eigenvalue weighted by atomic mass is 16.3. The quantitative estimate of drug-likeness (QED) is 0.589. The van der Waals surface area contributed by atoms with E-state index in [9.17, 15) is 20.4 Å². The van der Waals surface area contributed by atoms with Gasteiger partial charge in [0.05, 0.1) is 18.3 Å². The van der Waals surface area contributed by atoms with Crippen LogP contribution in [0.15, 0.2) is 0 Å². The standard InChI is InChI=1S/C24H42O4/c1-14(5-4-10-25)17-6-7-18-22-19(13-21(28)24(17,18)3)23(2)9-8-16(26)11-15(23)12-20(22)27/h14-22,25-28H,4-13H2,1-3H3/t14-,15+,16-,17+,18+,19+,20-,21+,22+,23+,24-/m1/s1. The first kappa shape index (κ1) is 21.1. The molecule has 11 atom stereocenters. The molecule has 0 unspecified atom stereocenters. The first-order chi connectivity index (χ1) is 13.2. The summed E-state index contributed by atoms with van der Waals surface area (Å²) in [5.41, 5.74) is 0.0282. The van der Waals surface area contributed by atoms with E-state index >= 15 is 0 Å². The Hall–Kier alpha value is -0.160. The van der Waals surface area contributed by atoms with E-state index in [-0.39, 0.29) is 35.7 Å². The maximum atomic E-state index is 11.5. The molecule has 0 aromatic rings. The lowest BCUT2D eigenvalue weighted by Crippen LogP contribution is -2.62. The predicted molar refractivity (Wildman–Crippen MR) is 109 cm³/mol. The highest BCUT2D eigenvalue weighted by Crippen LogP contribution is 2.68. The van der Waals surface area contributed by atoms with Gasteiger partial charge in [0, 0.05) is 6.61 Å². The van der Waals surface area contributed by atoms with Crippen molar-refractivity contribution >= 4 is 0 Å². The molecule has 162 valence electrons. The molecule has 0 aromatic heterocycles. The topological polar surface area (TPSA) is 80.9 Å². The molecule has 0 aromatic carbocycles. The van der Waals surface area contributed by atoms with Gasteiger partial charge in [-0.15, -0.1) is 0 Å². The maximum Gasteiger partial charge on any atom is 0.0602 e. The Morgan fingerprint density at radius 1 is 0.964 bits per heavy atom. The second kappa shape index (κ2) is 7.51. The van der Waals surface area contributed by atoms with Crippen LogP contribution in [-0.4, -0.2) is 45.3 Å². The summed E-state index contributed by atoms with van der Waals surface area (Å²) in [5.74, 6) is 2.41. The van der Waals surface area contributed by atoms with Gasteiger partial charge in [-0.1, -0.05) is 20.8 Å². The summed E-state index contributed by atoms with van der Waals surface area (Å²) in [4.78, 5) is 0. The van der Waals surface area contributed by atoms with Crippen molar-refractivity contribution in [3.05, 3.63) is 0 Å². The minimum Gasteiger partial charge on any atom is -0.396 e. The van der Waals surface area contributed by atoms with E-state index in [0.717, 1.165) is 57.8 Å². The fraction of sp³-hybridized carbons (Fsp3) is 1.00. The highest BCUT2D eigenvalue weighted by Gasteiger charge is 2.65. The average Bonchev–Trinajstić information content (AvgIpc) is 3.01. The fourth-order valence-corrected chi connectivity index (χ4v) is 8.75. The molecule has 4 aliphatic carbocycles. The van der Waals surface area contributed by atoms with Gasteiger partial charge >= 0.3 is 0 Å². The third kappa shape index (κ3) is 3.01. The Balaban J connectivity index is 1.62. The highest BCUT2D eigenvalue weighted by molar-refractivity contribution is 5.14. The second-order valence-corrected chi connectivity index (χ2v) is 11.4. The van der Waals surface area contributed by atoms with E-state index in [2.05, 4.69) is 20.8 Å². The van der Waals surface area contributed by atoms with Crippen LogP contribution in [0.3, 0.4) is 0 Å². The van der Waals surface area contributed by atoms with Gasteiger partial charge in [0.1, 0.15) is 0 Å². The van der Waals surface area contributed by atoms with Gasteiger partial charge in [0.2, 0.25) is 0 Å². The van der Waals surface area contributed by atoms with E-state index < -0.39 is 0 Å². The molecule has 0 radical (unpaired) electrons. The van der Waals surface area contributed by atoms with Crippen LogP contribution in [0.2, 0.25) is 0 Å². The minimum absolute atomic E-state index is 0.117. The smallest absolute Gasteiger partial charge is 0.0602 e. The number of aliphatic hydroxyl groups is 4. The van der Waals surface area contributed by atoms with E-state index in [1.54, 1.807) is 0 Å². The lowest BCUT2D eigenvalue weighted by Gasteiger charge is -2.63. The van der Waals surface area contributed by atoms with Crippen LogP contribution in [0, 0.1) is 46.3 Å². The third-order valence-corrected chi connectivity index (χ3v) is 10.3. The molecule has 0 saturated heterocycles. The van der Waals surface area contributed by atoms with E-state index in [1.807, 2.05) is 0 Å². The van der Waals surface area contributed by atoms with Crippen molar-refractivity contribution in [1.82, 2.24) is 0 Å². The lowest BCUT2D eigenvalue weighted by atomic mass is 9.43. The van der Waals surface area contributed by atoms with Crippen LogP contribution in [0.25, 0.3) is 0 Å². The third-order valence-electron chi connectivity index (χ3n) is 10.3. The van der Waals surface area contributed by atoms with Crippen LogP contribution in [0.1, 0.15) is 78.6 Å². The van der Waals surface area contributed by atoms with Crippen molar-refractivity contribution in [2.75, 3.05) is 6.61 Å². The molecule has 0 amide bonds. The Bertz CT molecular complexity index is 567. The molecule has 4 saturated carbocycles. The van der Waals surface area contributed by atoms with Crippen molar-refractivity contribution in [1.29, 1.82) is 0 Å². The first-order valence-electron chi connectivity index (χ1n) is 11.9. The summed E-state index contributed by atoms with van der Waals surface area (Å²) in [7, 11) is 0. The van der Waals surface area contributed by atoms with E-state index in [1.165, 1.54) is 0 Å². The van der Waals surface area contributed by atoms with E-state index in [0.29, 0.717) is 35.5 Å². The van der Waals surface area contributed by atoms with Crippen molar-refractivity contribution in [2.45, 2.75) is 96.9 Å². The zero-order valence-electron chi connectivity index (χ0n) is 18.1. The zero-order valence-corrected chi connectivity index (χ0v) is 18.1. The van der Waals surface area contributed by atoms with Crippen molar-refractivity contribution < 1.29 is 20.4 Å². The van der Waals surface area contributed by atoms with E-state index in [4.69, 9.17) is 0 Å².